The van der Waals surface area contributed by atoms with Gasteiger partial charge in [-0.3, -0.25) is 0 Å². The zero-order valence-corrected chi connectivity index (χ0v) is 12.9. The molecule has 0 unspecified atom stereocenters. The summed E-state index contributed by atoms with van der Waals surface area (Å²) in [6.45, 7) is 7.41. The molecule has 1 fully saturated rings. The van der Waals surface area contributed by atoms with Gasteiger partial charge in [0.1, 0.15) is 5.82 Å². The lowest BCUT2D eigenvalue weighted by Crippen LogP contribution is -2.54. The van der Waals surface area contributed by atoms with E-state index in [2.05, 4.69) is 54.4 Å². The molecule has 1 aromatic heterocycles. The number of hydrogen-bond donors (Lipinski definition) is 1. The second-order valence-electron chi connectivity index (χ2n) is 6.50. The lowest BCUT2D eigenvalue weighted by atomic mass is 9.75. The van der Waals surface area contributed by atoms with Crippen LogP contribution in [0.15, 0.2) is 0 Å². The van der Waals surface area contributed by atoms with Gasteiger partial charge in [0.2, 0.25) is 5.13 Å². The van der Waals surface area contributed by atoms with Crippen LogP contribution in [0.4, 0.5) is 5.13 Å². The van der Waals surface area contributed by atoms with Gasteiger partial charge in [-0.2, -0.15) is 4.37 Å². The highest BCUT2D eigenvalue weighted by molar-refractivity contribution is 7.09. The number of rotatable bonds is 4. The zero-order chi connectivity index (χ0) is 13.4. The summed E-state index contributed by atoms with van der Waals surface area (Å²) in [5.74, 6) is 0.933. The van der Waals surface area contributed by atoms with Crippen molar-refractivity contribution in [2.75, 3.05) is 26.0 Å². The van der Waals surface area contributed by atoms with Gasteiger partial charge in [-0.15, -0.1) is 0 Å². The molecular weight excluding hydrogens is 244 g/mol. The molecule has 1 aliphatic rings. The molecule has 1 aromatic rings. The fraction of sp³-hybridized carbons (Fsp3) is 0.846. The molecule has 4 nitrogen and oxygen atoms in total. The standard InChI is InChI=1S/C13H24N4S/c1-12(2,3)10-15-11(18-16-10)14-9-13(17(4)5)7-6-8-13/h6-9H2,1-5H3,(H,14,15,16). The third-order valence-corrected chi connectivity index (χ3v) is 4.57. The average Bonchev–Trinajstić information content (AvgIpc) is 2.63. The minimum Gasteiger partial charge on any atom is -0.358 e. The van der Waals surface area contributed by atoms with E-state index in [1.165, 1.54) is 30.8 Å². The van der Waals surface area contributed by atoms with Crippen LogP contribution < -0.4 is 5.32 Å². The molecule has 0 saturated heterocycles. The lowest BCUT2D eigenvalue weighted by Gasteiger charge is -2.47. The Bertz CT molecular complexity index is 401. The van der Waals surface area contributed by atoms with Crippen molar-refractivity contribution < 1.29 is 0 Å². The van der Waals surface area contributed by atoms with E-state index in [-0.39, 0.29) is 5.41 Å². The van der Waals surface area contributed by atoms with Crippen LogP contribution in [-0.2, 0) is 5.41 Å². The zero-order valence-electron chi connectivity index (χ0n) is 12.1. The first kappa shape index (κ1) is 13.7. The monoisotopic (exact) mass is 268 g/mol. The van der Waals surface area contributed by atoms with Crippen molar-refractivity contribution in [1.29, 1.82) is 0 Å². The van der Waals surface area contributed by atoms with Gasteiger partial charge in [-0.1, -0.05) is 20.8 Å². The summed E-state index contributed by atoms with van der Waals surface area (Å²) in [6, 6.07) is 0. The Kier molecular flexibility index (Phi) is 3.65. The average molecular weight is 268 g/mol. The molecule has 18 heavy (non-hydrogen) atoms. The molecule has 1 N–H and O–H groups in total. The highest BCUT2D eigenvalue weighted by atomic mass is 32.1. The minimum absolute atomic E-state index is 0.0339. The van der Waals surface area contributed by atoms with Crippen LogP contribution in [0.3, 0.4) is 0 Å². The fourth-order valence-electron chi connectivity index (χ4n) is 2.21. The van der Waals surface area contributed by atoms with E-state index >= 15 is 0 Å². The van der Waals surface area contributed by atoms with Crippen LogP contribution >= 0.6 is 11.5 Å². The molecule has 1 aliphatic carbocycles. The first-order chi connectivity index (χ1) is 8.33. The maximum atomic E-state index is 4.58. The third kappa shape index (κ3) is 2.67. The molecule has 2 rings (SSSR count). The van der Waals surface area contributed by atoms with E-state index in [1.807, 2.05) is 0 Å². The fourth-order valence-corrected chi connectivity index (χ4v) is 2.96. The molecule has 0 bridgehead atoms. The second kappa shape index (κ2) is 4.78. The molecule has 0 spiro atoms. The maximum absolute atomic E-state index is 4.58. The Balaban J connectivity index is 1.96. The van der Waals surface area contributed by atoms with E-state index in [1.54, 1.807) is 0 Å². The van der Waals surface area contributed by atoms with Gasteiger partial charge < -0.3 is 10.2 Å². The SMILES string of the molecule is CN(C)C1(CNc2nc(C(C)(C)C)ns2)CCC1. The summed E-state index contributed by atoms with van der Waals surface area (Å²) in [4.78, 5) is 6.92. The molecule has 0 amide bonds. The predicted molar refractivity (Wildman–Crippen MR) is 77.4 cm³/mol. The topological polar surface area (TPSA) is 41.0 Å². The van der Waals surface area contributed by atoms with Gasteiger partial charge in [0, 0.05) is 29.0 Å². The maximum Gasteiger partial charge on any atom is 0.202 e. The van der Waals surface area contributed by atoms with Crippen molar-refractivity contribution >= 4 is 16.7 Å². The number of nitrogens with one attached hydrogen (secondary N) is 1. The van der Waals surface area contributed by atoms with Gasteiger partial charge in [0.05, 0.1) is 0 Å². The van der Waals surface area contributed by atoms with Gasteiger partial charge >= 0.3 is 0 Å². The Labute approximate surface area is 114 Å². The van der Waals surface area contributed by atoms with Gasteiger partial charge in [-0.05, 0) is 33.4 Å². The van der Waals surface area contributed by atoms with Crippen LogP contribution in [0.2, 0.25) is 0 Å². The summed E-state index contributed by atoms with van der Waals surface area (Å²) in [5.41, 5.74) is 0.361. The highest BCUT2D eigenvalue weighted by Gasteiger charge is 2.39. The normalized spacial score (nSPS) is 18.8. The number of anilines is 1. The van der Waals surface area contributed by atoms with Crippen LogP contribution in [0.25, 0.3) is 0 Å². The molecule has 0 radical (unpaired) electrons. The Hall–Kier alpha value is -0.680. The molecule has 102 valence electrons. The number of aromatic nitrogens is 2. The van der Waals surface area contributed by atoms with Crippen LogP contribution in [0.1, 0.15) is 45.9 Å². The molecule has 1 saturated carbocycles. The molecule has 0 aliphatic heterocycles. The molecule has 0 aromatic carbocycles. The quantitative estimate of drug-likeness (QED) is 0.911. The van der Waals surface area contributed by atoms with Crippen LogP contribution in [-0.4, -0.2) is 40.4 Å². The molecule has 1 heterocycles. The predicted octanol–water partition coefficient (Wildman–Crippen LogP) is 2.73. The van der Waals surface area contributed by atoms with Crippen molar-refractivity contribution in [2.24, 2.45) is 0 Å². The Morgan fingerprint density at radius 3 is 2.39 bits per heavy atom. The van der Waals surface area contributed by atoms with Crippen molar-refractivity contribution in [1.82, 2.24) is 14.3 Å². The first-order valence-corrected chi connectivity index (χ1v) is 7.36. The summed E-state index contributed by atoms with van der Waals surface area (Å²) < 4.78 is 4.43. The van der Waals surface area contributed by atoms with Gasteiger partial charge in [-0.25, -0.2) is 4.98 Å². The molecule has 5 heteroatoms. The summed E-state index contributed by atoms with van der Waals surface area (Å²) in [5, 5.41) is 4.42. The Morgan fingerprint density at radius 1 is 1.33 bits per heavy atom. The largest absolute Gasteiger partial charge is 0.358 e. The van der Waals surface area contributed by atoms with E-state index in [9.17, 15) is 0 Å². The Morgan fingerprint density at radius 2 is 2.00 bits per heavy atom. The number of nitrogens with zero attached hydrogens (tertiary/aromatic N) is 3. The first-order valence-electron chi connectivity index (χ1n) is 6.59. The van der Waals surface area contributed by atoms with Gasteiger partial charge in [0.15, 0.2) is 0 Å². The summed E-state index contributed by atoms with van der Waals surface area (Å²) in [7, 11) is 4.34. The van der Waals surface area contributed by atoms with Crippen molar-refractivity contribution in [3.63, 3.8) is 0 Å². The van der Waals surface area contributed by atoms with Crippen molar-refractivity contribution in [3.05, 3.63) is 5.82 Å². The summed E-state index contributed by atoms with van der Waals surface area (Å²) in [6.07, 6.45) is 3.89. The second-order valence-corrected chi connectivity index (χ2v) is 7.25. The van der Waals surface area contributed by atoms with Crippen LogP contribution in [0, 0.1) is 0 Å². The van der Waals surface area contributed by atoms with E-state index in [0.29, 0.717) is 5.54 Å². The van der Waals surface area contributed by atoms with E-state index in [4.69, 9.17) is 0 Å². The minimum atomic E-state index is 0.0339. The smallest absolute Gasteiger partial charge is 0.202 e. The highest BCUT2D eigenvalue weighted by Crippen LogP contribution is 2.36. The van der Waals surface area contributed by atoms with E-state index < -0.39 is 0 Å². The number of likely N-dealkylation sites (N-methyl/N-ethyl adjacent to an activating group) is 1. The van der Waals surface area contributed by atoms with Crippen LogP contribution in [0.5, 0.6) is 0 Å². The third-order valence-electron chi connectivity index (χ3n) is 3.90. The van der Waals surface area contributed by atoms with Crippen molar-refractivity contribution in [2.45, 2.75) is 51.0 Å². The van der Waals surface area contributed by atoms with Crippen molar-refractivity contribution in [3.8, 4) is 0 Å². The summed E-state index contributed by atoms with van der Waals surface area (Å²) >= 11 is 1.47. The number of hydrogen-bond acceptors (Lipinski definition) is 5. The van der Waals surface area contributed by atoms with E-state index in [0.717, 1.165) is 17.5 Å². The van der Waals surface area contributed by atoms with Gasteiger partial charge in [0.25, 0.3) is 0 Å². The molecule has 0 atom stereocenters. The molecular formula is C13H24N4S. The lowest BCUT2D eigenvalue weighted by molar-refractivity contribution is 0.0739.